The second-order valence-corrected chi connectivity index (χ2v) is 5.55. The summed E-state index contributed by atoms with van der Waals surface area (Å²) < 4.78 is 0. The Morgan fingerprint density at radius 2 is 2.20 bits per heavy atom. The summed E-state index contributed by atoms with van der Waals surface area (Å²) in [7, 11) is 0. The average molecular weight is 277 g/mol. The smallest absolute Gasteiger partial charge is 0.225 e. The number of carbonyl (C=O) groups is 2. The third-order valence-electron chi connectivity index (χ3n) is 3.93. The van der Waals surface area contributed by atoms with Crippen LogP contribution < -0.4 is 5.32 Å². The molecule has 1 aliphatic heterocycles. The number of hydrogen-bond donors (Lipinski definition) is 2. The number of likely N-dealkylation sites (tertiary alicyclic amines) is 1. The van der Waals surface area contributed by atoms with E-state index in [1.165, 1.54) is 6.33 Å². The van der Waals surface area contributed by atoms with Crippen LogP contribution in [0.3, 0.4) is 0 Å². The van der Waals surface area contributed by atoms with E-state index in [9.17, 15) is 9.59 Å². The normalized spacial score (nSPS) is 22.6. The Hall–Kier alpha value is -1.92. The van der Waals surface area contributed by atoms with Crippen LogP contribution in [0.15, 0.2) is 6.33 Å². The summed E-state index contributed by atoms with van der Waals surface area (Å²) in [4.78, 5) is 30.0. The van der Waals surface area contributed by atoms with Gasteiger partial charge in [0.1, 0.15) is 12.2 Å². The molecule has 1 unspecified atom stereocenters. The highest BCUT2D eigenvalue weighted by Gasteiger charge is 2.36. The first-order chi connectivity index (χ1) is 9.74. The van der Waals surface area contributed by atoms with Gasteiger partial charge in [0.2, 0.25) is 11.8 Å². The Bertz CT molecular complexity index is 483. The molecule has 108 valence electrons. The minimum atomic E-state index is -0.102. The van der Waals surface area contributed by atoms with Crippen molar-refractivity contribution in [3.8, 4) is 0 Å². The number of hydrogen-bond acceptors (Lipinski definition) is 4. The van der Waals surface area contributed by atoms with Gasteiger partial charge in [0, 0.05) is 19.0 Å². The van der Waals surface area contributed by atoms with Gasteiger partial charge >= 0.3 is 0 Å². The van der Waals surface area contributed by atoms with Gasteiger partial charge in [-0.2, -0.15) is 5.10 Å². The van der Waals surface area contributed by atoms with Crippen LogP contribution in [0.1, 0.15) is 31.5 Å². The molecule has 1 aromatic heterocycles. The van der Waals surface area contributed by atoms with Crippen molar-refractivity contribution in [3.63, 3.8) is 0 Å². The summed E-state index contributed by atoms with van der Waals surface area (Å²) in [6.07, 6.45) is 5.18. The molecule has 1 aromatic rings. The van der Waals surface area contributed by atoms with Gasteiger partial charge in [0.15, 0.2) is 0 Å². The first-order valence-corrected chi connectivity index (χ1v) is 7.15. The van der Waals surface area contributed by atoms with Crippen LogP contribution in [0, 0.1) is 11.8 Å². The Kier molecular flexibility index (Phi) is 3.66. The maximum atomic E-state index is 12.1. The molecule has 0 aromatic carbocycles. The maximum Gasteiger partial charge on any atom is 0.225 e. The molecule has 3 rings (SSSR count). The topological polar surface area (TPSA) is 91.0 Å². The number of rotatable bonds is 4. The van der Waals surface area contributed by atoms with Gasteiger partial charge < -0.3 is 10.2 Å². The third-order valence-corrected chi connectivity index (χ3v) is 3.93. The monoisotopic (exact) mass is 277 g/mol. The maximum absolute atomic E-state index is 12.1. The minimum absolute atomic E-state index is 0.00491. The molecule has 1 saturated heterocycles. The van der Waals surface area contributed by atoms with Crippen molar-refractivity contribution in [2.75, 3.05) is 13.1 Å². The molecule has 0 bridgehead atoms. The number of nitrogens with one attached hydrogen (secondary N) is 2. The lowest BCUT2D eigenvalue weighted by Crippen LogP contribution is -2.45. The number of nitrogens with zero attached hydrogens (tertiary/aromatic N) is 3. The van der Waals surface area contributed by atoms with E-state index in [1.807, 2.05) is 4.90 Å². The molecule has 2 fully saturated rings. The molecule has 1 saturated carbocycles. The number of aromatic amines is 1. The SMILES string of the molecule is O=C(NCc1ncn[nH]1)C1CCCN(C(=O)C2CC2)C1. The van der Waals surface area contributed by atoms with E-state index < -0.39 is 0 Å². The molecule has 2 aliphatic rings. The Morgan fingerprint density at radius 1 is 1.35 bits per heavy atom. The van der Waals surface area contributed by atoms with Gasteiger partial charge in [0.25, 0.3) is 0 Å². The van der Waals surface area contributed by atoms with E-state index in [0.717, 1.165) is 32.2 Å². The fraction of sp³-hybridized carbons (Fsp3) is 0.692. The zero-order chi connectivity index (χ0) is 13.9. The lowest BCUT2D eigenvalue weighted by Gasteiger charge is -2.32. The summed E-state index contributed by atoms with van der Waals surface area (Å²) in [6, 6.07) is 0. The van der Waals surface area contributed by atoms with Gasteiger partial charge in [-0.15, -0.1) is 0 Å². The number of carbonyl (C=O) groups excluding carboxylic acids is 2. The van der Waals surface area contributed by atoms with E-state index in [-0.39, 0.29) is 23.7 Å². The molecule has 2 amide bonds. The molecule has 2 N–H and O–H groups in total. The molecule has 2 heterocycles. The first-order valence-electron chi connectivity index (χ1n) is 7.15. The van der Waals surface area contributed by atoms with Gasteiger partial charge in [-0.05, 0) is 25.7 Å². The van der Waals surface area contributed by atoms with Crippen LogP contribution in [0.2, 0.25) is 0 Å². The zero-order valence-corrected chi connectivity index (χ0v) is 11.3. The minimum Gasteiger partial charge on any atom is -0.349 e. The van der Waals surface area contributed by atoms with Gasteiger partial charge in [-0.25, -0.2) is 4.98 Å². The lowest BCUT2D eigenvalue weighted by molar-refractivity contribution is -0.136. The number of H-pyrrole nitrogens is 1. The summed E-state index contributed by atoms with van der Waals surface area (Å²) in [6.45, 7) is 1.70. The van der Waals surface area contributed by atoms with E-state index >= 15 is 0 Å². The van der Waals surface area contributed by atoms with Gasteiger partial charge in [-0.1, -0.05) is 0 Å². The van der Waals surface area contributed by atoms with Crippen molar-refractivity contribution in [1.82, 2.24) is 25.4 Å². The van der Waals surface area contributed by atoms with E-state index in [1.54, 1.807) is 0 Å². The molecule has 1 aliphatic carbocycles. The third kappa shape index (κ3) is 2.97. The van der Waals surface area contributed by atoms with E-state index in [2.05, 4.69) is 20.5 Å². The van der Waals surface area contributed by atoms with Crippen LogP contribution in [0.5, 0.6) is 0 Å². The van der Waals surface area contributed by atoms with Crippen LogP contribution in [0.25, 0.3) is 0 Å². The highest BCUT2D eigenvalue weighted by atomic mass is 16.2. The molecule has 0 spiro atoms. The van der Waals surface area contributed by atoms with Crippen molar-refractivity contribution in [1.29, 1.82) is 0 Å². The highest BCUT2D eigenvalue weighted by molar-refractivity contribution is 5.83. The van der Waals surface area contributed by atoms with Crippen molar-refractivity contribution in [2.45, 2.75) is 32.2 Å². The predicted molar refractivity (Wildman–Crippen MR) is 70.3 cm³/mol. The fourth-order valence-corrected chi connectivity index (χ4v) is 2.61. The Morgan fingerprint density at radius 3 is 2.90 bits per heavy atom. The molecule has 7 heteroatoms. The van der Waals surface area contributed by atoms with Gasteiger partial charge in [-0.3, -0.25) is 14.7 Å². The molecular weight excluding hydrogens is 258 g/mol. The summed E-state index contributed by atoms with van der Waals surface area (Å²) in [5, 5.41) is 9.29. The standard InChI is InChI=1S/C13H19N5O2/c19-12(14-6-11-15-8-16-17-11)10-2-1-5-18(7-10)13(20)9-3-4-9/h8-10H,1-7H2,(H,14,19)(H,15,16,17). The number of aromatic nitrogens is 3. The van der Waals surface area contributed by atoms with Crippen molar-refractivity contribution in [2.24, 2.45) is 11.8 Å². The van der Waals surface area contributed by atoms with Crippen LogP contribution in [-0.4, -0.2) is 45.0 Å². The Labute approximate surface area is 117 Å². The van der Waals surface area contributed by atoms with Crippen LogP contribution in [-0.2, 0) is 16.1 Å². The number of piperidine rings is 1. The van der Waals surface area contributed by atoms with Crippen LogP contribution >= 0.6 is 0 Å². The van der Waals surface area contributed by atoms with E-state index in [0.29, 0.717) is 18.9 Å². The predicted octanol–water partition coefficient (Wildman–Crippen LogP) is 0.0695. The average Bonchev–Trinajstić information content (AvgIpc) is 3.20. The molecule has 7 nitrogen and oxygen atoms in total. The van der Waals surface area contributed by atoms with Crippen molar-refractivity contribution in [3.05, 3.63) is 12.2 Å². The second kappa shape index (κ2) is 5.60. The first kappa shape index (κ1) is 13.1. The van der Waals surface area contributed by atoms with Crippen molar-refractivity contribution < 1.29 is 9.59 Å². The van der Waals surface area contributed by atoms with Gasteiger partial charge in [0.05, 0.1) is 12.5 Å². The Balaban J connectivity index is 1.50. The van der Waals surface area contributed by atoms with E-state index in [4.69, 9.17) is 0 Å². The molecular formula is C13H19N5O2. The van der Waals surface area contributed by atoms with Crippen molar-refractivity contribution >= 4 is 11.8 Å². The summed E-state index contributed by atoms with van der Waals surface area (Å²) in [5.74, 6) is 0.993. The summed E-state index contributed by atoms with van der Waals surface area (Å²) >= 11 is 0. The number of amides is 2. The highest BCUT2D eigenvalue weighted by Crippen LogP contribution is 2.32. The summed E-state index contributed by atoms with van der Waals surface area (Å²) in [5.41, 5.74) is 0. The molecule has 1 atom stereocenters. The lowest BCUT2D eigenvalue weighted by atomic mass is 9.96. The molecule has 0 radical (unpaired) electrons. The fourth-order valence-electron chi connectivity index (χ4n) is 2.61. The molecule has 20 heavy (non-hydrogen) atoms. The second-order valence-electron chi connectivity index (χ2n) is 5.55. The van der Waals surface area contributed by atoms with Crippen LogP contribution in [0.4, 0.5) is 0 Å². The zero-order valence-electron chi connectivity index (χ0n) is 11.3. The quantitative estimate of drug-likeness (QED) is 0.814. The largest absolute Gasteiger partial charge is 0.349 e.